The molecule has 1 aliphatic rings. The van der Waals surface area contributed by atoms with E-state index in [1.807, 2.05) is 13.0 Å². The molecule has 0 spiro atoms. The molecule has 2 N–H and O–H groups in total. The van der Waals surface area contributed by atoms with E-state index >= 15 is 0 Å². The Morgan fingerprint density at radius 3 is 2.67 bits per heavy atom. The molecule has 1 aromatic heterocycles. The number of aryl methyl sites for hydroxylation is 1. The molecule has 1 aromatic rings. The zero-order chi connectivity index (χ0) is 13.0. The van der Waals surface area contributed by atoms with Gasteiger partial charge in [0.2, 0.25) is 0 Å². The van der Waals surface area contributed by atoms with Crippen molar-refractivity contribution in [2.45, 2.75) is 39.2 Å². The Kier molecular flexibility index (Phi) is 4.01. The summed E-state index contributed by atoms with van der Waals surface area (Å²) >= 11 is 0. The smallest absolute Gasteiger partial charge is 0.131 e. The van der Waals surface area contributed by atoms with Crippen molar-refractivity contribution in [3.8, 4) is 0 Å². The number of nitrogens with one attached hydrogen (secondary N) is 2. The Hall–Kier alpha value is -1.36. The fourth-order valence-electron chi connectivity index (χ4n) is 2.18. The minimum atomic E-state index is -0.0583. The Labute approximate surface area is 108 Å². The van der Waals surface area contributed by atoms with Crippen LogP contribution in [0.4, 0.5) is 11.6 Å². The van der Waals surface area contributed by atoms with Crippen LogP contribution in [0.25, 0.3) is 0 Å². The van der Waals surface area contributed by atoms with Gasteiger partial charge in [-0.05, 0) is 33.6 Å². The first-order valence-corrected chi connectivity index (χ1v) is 6.59. The Balaban J connectivity index is 2.00. The van der Waals surface area contributed by atoms with Crippen molar-refractivity contribution >= 4 is 11.6 Å². The van der Waals surface area contributed by atoms with Gasteiger partial charge in [0.15, 0.2) is 0 Å². The lowest BCUT2D eigenvalue weighted by atomic mass is 10.0. The van der Waals surface area contributed by atoms with E-state index in [2.05, 4.69) is 34.4 Å². The summed E-state index contributed by atoms with van der Waals surface area (Å²) in [5.74, 6) is 2.49. The van der Waals surface area contributed by atoms with Gasteiger partial charge in [0.05, 0.1) is 5.60 Å². The van der Waals surface area contributed by atoms with E-state index in [-0.39, 0.29) is 5.60 Å². The normalized spacial score (nSPS) is 23.1. The third kappa shape index (κ3) is 3.32. The van der Waals surface area contributed by atoms with Gasteiger partial charge >= 0.3 is 0 Å². The van der Waals surface area contributed by atoms with Crippen molar-refractivity contribution in [1.82, 2.24) is 9.97 Å². The second kappa shape index (κ2) is 5.52. The minimum Gasteiger partial charge on any atom is -0.373 e. The first kappa shape index (κ1) is 13.1. The highest BCUT2D eigenvalue weighted by Crippen LogP contribution is 2.25. The number of aromatic nitrogens is 2. The van der Waals surface area contributed by atoms with E-state index in [0.717, 1.165) is 50.0 Å². The van der Waals surface area contributed by atoms with E-state index in [1.54, 1.807) is 0 Å². The molecule has 2 rings (SSSR count). The van der Waals surface area contributed by atoms with Crippen LogP contribution in [0.1, 0.15) is 32.5 Å². The predicted molar refractivity (Wildman–Crippen MR) is 73.0 cm³/mol. The largest absolute Gasteiger partial charge is 0.373 e. The van der Waals surface area contributed by atoms with Crippen LogP contribution in [0.2, 0.25) is 0 Å². The molecule has 0 saturated carbocycles. The molecular weight excluding hydrogens is 228 g/mol. The maximum absolute atomic E-state index is 5.75. The van der Waals surface area contributed by atoms with Crippen LogP contribution in [-0.2, 0) is 4.74 Å². The summed E-state index contributed by atoms with van der Waals surface area (Å²) in [5.41, 5.74) is -0.0583. The van der Waals surface area contributed by atoms with Crippen molar-refractivity contribution in [3.63, 3.8) is 0 Å². The highest BCUT2D eigenvalue weighted by atomic mass is 16.5. The maximum atomic E-state index is 5.75. The number of rotatable bonds is 5. The summed E-state index contributed by atoms with van der Waals surface area (Å²) in [7, 11) is 0. The topological polar surface area (TPSA) is 59.1 Å². The van der Waals surface area contributed by atoms with Gasteiger partial charge in [0.1, 0.15) is 17.5 Å². The van der Waals surface area contributed by atoms with Crippen LogP contribution in [0.5, 0.6) is 0 Å². The van der Waals surface area contributed by atoms with Crippen molar-refractivity contribution in [1.29, 1.82) is 0 Å². The summed E-state index contributed by atoms with van der Waals surface area (Å²) in [6, 6.07) is 1.94. The number of anilines is 2. The molecule has 0 aromatic carbocycles. The van der Waals surface area contributed by atoms with E-state index in [1.165, 1.54) is 0 Å². The van der Waals surface area contributed by atoms with Gasteiger partial charge in [-0.3, -0.25) is 0 Å². The standard InChI is InChI=1S/C13H22N4O/c1-4-14-11-8-12(17-10(2)16-11)15-9-13(3)6-5-7-18-13/h8H,4-7,9H2,1-3H3,(H2,14,15,16,17). The molecule has 0 bridgehead atoms. The lowest BCUT2D eigenvalue weighted by molar-refractivity contribution is 0.0314. The van der Waals surface area contributed by atoms with Crippen LogP contribution in [-0.4, -0.2) is 35.3 Å². The highest BCUT2D eigenvalue weighted by Gasteiger charge is 2.29. The van der Waals surface area contributed by atoms with Crippen molar-refractivity contribution < 1.29 is 4.74 Å². The molecule has 5 nitrogen and oxygen atoms in total. The van der Waals surface area contributed by atoms with Gasteiger partial charge in [-0.25, -0.2) is 9.97 Å². The average molecular weight is 250 g/mol. The third-order valence-electron chi connectivity index (χ3n) is 3.14. The van der Waals surface area contributed by atoms with Gasteiger partial charge in [-0.2, -0.15) is 0 Å². The van der Waals surface area contributed by atoms with Gasteiger partial charge in [0, 0.05) is 25.8 Å². The quantitative estimate of drug-likeness (QED) is 0.839. The van der Waals surface area contributed by atoms with Crippen LogP contribution in [0.3, 0.4) is 0 Å². The summed E-state index contributed by atoms with van der Waals surface area (Å²) in [5, 5.41) is 6.55. The zero-order valence-corrected chi connectivity index (χ0v) is 11.4. The van der Waals surface area contributed by atoms with Crippen molar-refractivity contribution in [2.75, 3.05) is 30.3 Å². The molecule has 18 heavy (non-hydrogen) atoms. The first-order chi connectivity index (χ1) is 8.61. The summed E-state index contributed by atoms with van der Waals surface area (Å²) in [6.07, 6.45) is 2.24. The average Bonchev–Trinajstić information content (AvgIpc) is 2.74. The molecule has 1 atom stereocenters. The molecule has 1 saturated heterocycles. The summed E-state index contributed by atoms with van der Waals surface area (Å²) in [6.45, 7) is 8.61. The molecule has 1 fully saturated rings. The number of hydrogen-bond acceptors (Lipinski definition) is 5. The number of nitrogens with zero attached hydrogens (tertiary/aromatic N) is 2. The highest BCUT2D eigenvalue weighted by molar-refractivity contribution is 5.47. The molecule has 2 heterocycles. The lowest BCUT2D eigenvalue weighted by Crippen LogP contribution is -2.32. The lowest BCUT2D eigenvalue weighted by Gasteiger charge is -2.23. The molecule has 0 radical (unpaired) electrons. The third-order valence-corrected chi connectivity index (χ3v) is 3.14. The van der Waals surface area contributed by atoms with Gasteiger partial charge in [-0.15, -0.1) is 0 Å². The van der Waals surface area contributed by atoms with Crippen molar-refractivity contribution in [3.05, 3.63) is 11.9 Å². The van der Waals surface area contributed by atoms with Crippen LogP contribution < -0.4 is 10.6 Å². The maximum Gasteiger partial charge on any atom is 0.131 e. The SMILES string of the molecule is CCNc1cc(NCC2(C)CCCO2)nc(C)n1. The first-order valence-electron chi connectivity index (χ1n) is 6.59. The van der Waals surface area contributed by atoms with Crippen LogP contribution >= 0.6 is 0 Å². The molecule has 100 valence electrons. The minimum absolute atomic E-state index is 0.0583. The Morgan fingerprint density at radius 2 is 2.06 bits per heavy atom. The number of hydrogen-bond donors (Lipinski definition) is 2. The van der Waals surface area contributed by atoms with Crippen LogP contribution in [0, 0.1) is 6.92 Å². The predicted octanol–water partition coefficient (Wildman–Crippen LogP) is 2.20. The van der Waals surface area contributed by atoms with Crippen molar-refractivity contribution in [2.24, 2.45) is 0 Å². The Morgan fingerprint density at radius 1 is 1.33 bits per heavy atom. The van der Waals surface area contributed by atoms with E-state index in [4.69, 9.17) is 4.74 Å². The van der Waals surface area contributed by atoms with Gasteiger partial charge in [-0.1, -0.05) is 0 Å². The molecular formula is C13H22N4O. The second-order valence-corrected chi connectivity index (χ2v) is 4.97. The Bertz CT molecular complexity index is 402. The number of ether oxygens (including phenoxy) is 1. The van der Waals surface area contributed by atoms with Gasteiger partial charge < -0.3 is 15.4 Å². The summed E-state index contributed by atoms with van der Waals surface area (Å²) in [4.78, 5) is 8.72. The zero-order valence-electron chi connectivity index (χ0n) is 11.4. The second-order valence-electron chi connectivity index (χ2n) is 4.97. The van der Waals surface area contributed by atoms with Crippen LogP contribution in [0.15, 0.2) is 6.07 Å². The summed E-state index contributed by atoms with van der Waals surface area (Å²) < 4.78 is 5.75. The fourth-order valence-corrected chi connectivity index (χ4v) is 2.18. The van der Waals surface area contributed by atoms with E-state index < -0.39 is 0 Å². The molecule has 0 aliphatic carbocycles. The molecule has 1 unspecified atom stereocenters. The van der Waals surface area contributed by atoms with E-state index in [9.17, 15) is 0 Å². The fraction of sp³-hybridized carbons (Fsp3) is 0.692. The molecule has 1 aliphatic heterocycles. The molecule has 5 heteroatoms. The molecule has 0 amide bonds. The van der Waals surface area contributed by atoms with Gasteiger partial charge in [0.25, 0.3) is 0 Å². The van der Waals surface area contributed by atoms with E-state index in [0.29, 0.717) is 0 Å². The monoisotopic (exact) mass is 250 g/mol.